The summed E-state index contributed by atoms with van der Waals surface area (Å²) in [6, 6.07) is 3.08. The van der Waals surface area contributed by atoms with Crippen molar-refractivity contribution in [2.24, 2.45) is 5.92 Å². The SMILES string of the molecule is O=C(O)c1cccnc1OCC1CCOCC1. The van der Waals surface area contributed by atoms with Crippen LogP contribution in [-0.2, 0) is 4.74 Å². The third-order valence-electron chi connectivity index (χ3n) is 2.80. The highest BCUT2D eigenvalue weighted by atomic mass is 16.5. The number of rotatable bonds is 4. The molecule has 0 amide bonds. The Morgan fingerprint density at radius 3 is 3.00 bits per heavy atom. The molecule has 2 rings (SSSR count). The molecule has 5 nitrogen and oxygen atoms in total. The maximum Gasteiger partial charge on any atom is 0.341 e. The van der Waals surface area contributed by atoms with Crippen LogP contribution in [0.4, 0.5) is 0 Å². The van der Waals surface area contributed by atoms with Gasteiger partial charge in [-0.3, -0.25) is 0 Å². The largest absolute Gasteiger partial charge is 0.477 e. The van der Waals surface area contributed by atoms with Gasteiger partial charge in [-0.05, 0) is 30.9 Å². The maximum atomic E-state index is 10.9. The molecule has 5 heteroatoms. The summed E-state index contributed by atoms with van der Waals surface area (Å²) in [6.07, 6.45) is 3.44. The van der Waals surface area contributed by atoms with Crippen molar-refractivity contribution in [3.05, 3.63) is 23.9 Å². The monoisotopic (exact) mass is 237 g/mol. The standard InChI is InChI=1S/C12H15NO4/c14-12(15)10-2-1-5-13-11(10)17-8-9-3-6-16-7-4-9/h1-2,5,9H,3-4,6-8H2,(H,14,15). The molecule has 1 aliphatic heterocycles. The second-order valence-corrected chi connectivity index (χ2v) is 4.03. The first kappa shape index (κ1) is 11.9. The molecule has 0 saturated carbocycles. The Balaban J connectivity index is 1.96. The summed E-state index contributed by atoms with van der Waals surface area (Å²) in [5.74, 6) is -0.390. The Morgan fingerprint density at radius 2 is 2.29 bits per heavy atom. The van der Waals surface area contributed by atoms with Crippen molar-refractivity contribution in [3.8, 4) is 5.88 Å². The predicted octanol–water partition coefficient (Wildman–Crippen LogP) is 1.59. The summed E-state index contributed by atoms with van der Waals surface area (Å²) in [7, 11) is 0. The number of pyridine rings is 1. The first-order valence-electron chi connectivity index (χ1n) is 5.66. The number of ether oxygens (including phenoxy) is 2. The van der Waals surface area contributed by atoms with E-state index in [-0.39, 0.29) is 11.4 Å². The van der Waals surface area contributed by atoms with Crippen LogP contribution in [0.2, 0.25) is 0 Å². The third-order valence-corrected chi connectivity index (χ3v) is 2.80. The fraction of sp³-hybridized carbons (Fsp3) is 0.500. The average Bonchev–Trinajstić information content (AvgIpc) is 2.38. The Labute approximate surface area is 99.4 Å². The number of aromatic carboxylic acids is 1. The van der Waals surface area contributed by atoms with Gasteiger partial charge in [0.05, 0.1) is 6.61 Å². The molecule has 0 atom stereocenters. The van der Waals surface area contributed by atoms with Gasteiger partial charge in [0.1, 0.15) is 5.56 Å². The summed E-state index contributed by atoms with van der Waals surface area (Å²) in [5, 5.41) is 8.96. The van der Waals surface area contributed by atoms with Crippen molar-refractivity contribution >= 4 is 5.97 Å². The second kappa shape index (κ2) is 5.63. The minimum atomic E-state index is -1.01. The van der Waals surface area contributed by atoms with Crippen LogP contribution in [0.1, 0.15) is 23.2 Å². The maximum absolute atomic E-state index is 10.9. The van der Waals surface area contributed by atoms with Gasteiger partial charge in [-0.15, -0.1) is 0 Å². The zero-order valence-electron chi connectivity index (χ0n) is 9.46. The van der Waals surface area contributed by atoms with E-state index in [4.69, 9.17) is 14.6 Å². The lowest BCUT2D eigenvalue weighted by molar-refractivity contribution is 0.0482. The van der Waals surface area contributed by atoms with E-state index >= 15 is 0 Å². The van der Waals surface area contributed by atoms with Crippen LogP contribution in [0, 0.1) is 5.92 Å². The normalized spacial score (nSPS) is 16.7. The lowest BCUT2D eigenvalue weighted by Gasteiger charge is -2.22. The van der Waals surface area contributed by atoms with Crippen molar-refractivity contribution in [3.63, 3.8) is 0 Å². The molecule has 0 aromatic carbocycles. The fourth-order valence-corrected chi connectivity index (χ4v) is 1.78. The van der Waals surface area contributed by atoms with Crippen LogP contribution in [0.25, 0.3) is 0 Å². The van der Waals surface area contributed by atoms with Crippen molar-refractivity contribution in [1.29, 1.82) is 0 Å². The molecule has 1 saturated heterocycles. The van der Waals surface area contributed by atoms with E-state index in [1.54, 1.807) is 6.07 Å². The van der Waals surface area contributed by atoms with E-state index < -0.39 is 5.97 Å². The molecule has 1 fully saturated rings. The van der Waals surface area contributed by atoms with E-state index in [9.17, 15) is 4.79 Å². The lowest BCUT2D eigenvalue weighted by Crippen LogP contribution is -2.22. The summed E-state index contributed by atoms with van der Waals surface area (Å²) in [6.45, 7) is 2.00. The minimum absolute atomic E-state index is 0.111. The number of aromatic nitrogens is 1. The highest BCUT2D eigenvalue weighted by Crippen LogP contribution is 2.19. The topological polar surface area (TPSA) is 68.7 Å². The Morgan fingerprint density at radius 1 is 1.53 bits per heavy atom. The van der Waals surface area contributed by atoms with Gasteiger partial charge in [-0.25, -0.2) is 9.78 Å². The molecule has 0 radical (unpaired) electrons. The van der Waals surface area contributed by atoms with Gasteiger partial charge in [-0.2, -0.15) is 0 Å². The molecule has 1 aromatic heterocycles. The molecular weight excluding hydrogens is 222 g/mol. The highest BCUT2D eigenvalue weighted by Gasteiger charge is 2.17. The van der Waals surface area contributed by atoms with Crippen LogP contribution in [0.3, 0.4) is 0 Å². The van der Waals surface area contributed by atoms with Gasteiger partial charge in [0, 0.05) is 19.4 Å². The van der Waals surface area contributed by atoms with Gasteiger partial charge in [-0.1, -0.05) is 0 Å². The summed E-state index contributed by atoms with van der Waals surface area (Å²) < 4.78 is 10.7. The quantitative estimate of drug-likeness (QED) is 0.861. The van der Waals surface area contributed by atoms with Crippen LogP contribution in [0.5, 0.6) is 5.88 Å². The number of carbonyl (C=O) groups is 1. The number of carboxylic acid groups (broad SMARTS) is 1. The molecular formula is C12H15NO4. The fourth-order valence-electron chi connectivity index (χ4n) is 1.78. The Kier molecular flexibility index (Phi) is 3.93. The van der Waals surface area contributed by atoms with Crippen molar-refractivity contribution < 1.29 is 19.4 Å². The molecule has 2 heterocycles. The summed E-state index contributed by atoms with van der Waals surface area (Å²) >= 11 is 0. The molecule has 0 spiro atoms. The molecule has 0 unspecified atom stereocenters. The number of carboxylic acids is 1. The lowest BCUT2D eigenvalue weighted by atomic mass is 10.0. The Bertz CT molecular complexity index is 388. The van der Waals surface area contributed by atoms with Crippen molar-refractivity contribution in [1.82, 2.24) is 4.98 Å². The highest BCUT2D eigenvalue weighted by molar-refractivity contribution is 5.90. The number of nitrogens with zero attached hydrogens (tertiary/aromatic N) is 1. The average molecular weight is 237 g/mol. The van der Waals surface area contributed by atoms with Crippen molar-refractivity contribution in [2.75, 3.05) is 19.8 Å². The van der Waals surface area contributed by atoms with Crippen LogP contribution in [0.15, 0.2) is 18.3 Å². The number of hydrogen-bond donors (Lipinski definition) is 1. The van der Waals surface area contributed by atoms with Crippen molar-refractivity contribution in [2.45, 2.75) is 12.8 Å². The zero-order valence-corrected chi connectivity index (χ0v) is 9.46. The van der Waals surface area contributed by atoms with E-state index in [1.165, 1.54) is 12.3 Å². The molecule has 1 aliphatic rings. The molecule has 0 bridgehead atoms. The van der Waals surface area contributed by atoms with Gasteiger partial charge in [0.2, 0.25) is 5.88 Å². The minimum Gasteiger partial charge on any atom is -0.477 e. The first-order valence-corrected chi connectivity index (χ1v) is 5.66. The van der Waals surface area contributed by atoms with Gasteiger partial charge >= 0.3 is 5.97 Å². The zero-order chi connectivity index (χ0) is 12.1. The molecule has 0 aliphatic carbocycles. The first-order chi connectivity index (χ1) is 8.27. The van der Waals surface area contributed by atoms with Gasteiger partial charge in [0.25, 0.3) is 0 Å². The molecule has 1 N–H and O–H groups in total. The summed E-state index contributed by atoms with van der Waals surface area (Å²) in [4.78, 5) is 14.9. The third kappa shape index (κ3) is 3.17. The van der Waals surface area contributed by atoms with Crippen LogP contribution < -0.4 is 4.74 Å². The van der Waals surface area contributed by atoms with E-state index in [0.29, 0.717) is 12.5 Å². The predicted molar refractivity (Wildman–Crippen MR) is 60.2 cm³/mol. The molecule has 17 heavy (non-hydrogen) atoms. The summed E-state index contributed by atoms with van der Waals surface area (Å²) in [5.41, 5.74) is 0.111. The van der Waals surface area contributed by atoms with Gasteiger partial charge < -0.3 is 14.6 Å². The van der Waals surface area contributed by atoms with E-state index in [1.807, 2.05) is 0 Å². The van der Waals surface area contributed by atoms with E-state index in [2.05, 4.69) is 4.98 Å². The molecule has 92 valence electrons. The second-order valence-electron chi connectivity index (χ2n) is 4.03. The smallest absolute Gasteiger partial charge is 0.341 e. The van der Waals surface area contributed by atoms with Crippen LogP contribution >= 0.6 is 0 Å². The van der Waals surface area contributed by atoms with E-state index in [0.717, 1.165) is 26.1 Å². The Hall–Kier alpha value is -1.62. The van der Waals surface area contributed by atoms with Gasteiger partial charge in [0.15, 0.2) is 0 Å². The number of hydrogen-bond acceptors (Lipinski definition) is 4. The molecule has 1 aromatic rings. The van der Waals surface area contributed by atoms with Crippen LogP contribution in [-0.4, -0.2) is 35.9 Å².